The highest BCUT2D eigenvalue weighted by Crippen LogP contribution is 2.41. The summed E-state index contributed by atoms with van der Waals surface area (Å²) in [5, 5.41) is 0. The molecule has 3 aliphatic carbocycles. The van der Waals surface area contributed by atoms with E-state index in [0.717, 1.165) is 24.0 Å². The molecule has 0 amide bonds. The number of benzene rings is 6. The number of aryl methyl sites for hydroxylation is 4. The summed E-state index contributed by atoms with van der Waals surface area (Å²) < 4.78 is 0. The Kier molecular flexibility index (Phi) is 27.2. The van der Waals surface area contributed by atoms with Crippen LogP contribution >= 0.6 is 0 Å². The third kappa shape index (κ3) is 19.9. The molecule has 376 valence electrons. The second-order valence-electron chi connectivity index (χ2n) is 18.4. The van der Waals surface area contributed by atoms with Gasteiger partial charge in [-0.05, 0) is 177 Å². The first-order valence-corrected chi connectivity index (χ1v) is 26.2. The zero-order chi connectivity index (χ0) is 53.5. The highest BCUT2D eigenvalue weighted by Gasteiger charge is 2.21. The van der Waals surface area contributed by atoms with Gasteiger partial charge in [-0.3, -0.25) is 0 Å². The molecule has 0 saturated heterocycles. The van der Waals surface area contributed by atoms with E-state index in [1.807, 2.05) is 64.1 Å². The number of allylic oxidation sites excluding steroid dienone is 16. The molecule has 0 unspecified atom stereocenters. The van der Waals surface area contributed by atoms with Crippen molar-refractivity contribution in [2.75, 3.05) is 0 Å². The largest absolute Gasteiger partial charge is 0.124 e. The molecular weight excluding hydrogens is 877 g/mol. The Morgan fingerprint density at radius 1 is 0.493 bits per heavy atom. The lowest BCUT2D eigenvalue weighted by Gasteiger charge is -2.27. The maximum Gasteiger partial charge on any atom is -0.0163 e. The van der Waals surface area contributed by atoms with E-state index in [-0.39, 0.29) is 0 Å². The predicted octanol–water partition coefficient (Wildman–Crippen LogP) is 21.4. The minimum Gasteiger partial charge on any atom is -0.124 e. The maximum absolute atomic E-state index is 4.00. The van der Waals surface area contributed by atoms with Crippen LogP contribution in [0.1, 0.15) is 132 Å². The van der Waals surface area contributed by atoms with Gasteiger partial charge in [0.2, 0.25) is 0 Å². The maximum atomic E-state index is 4.00. The normalized spacial score (nSPS) is 13.1. The molecule has 0 aliphatic heterocycles. The topological polar surface area (TPSA) is 0 Å². The number of rotatable bonds is 7. The van der Waals surface area contributed by atoms with Gasteiger partial charge in [0.1, 0.15) is 0 Å². The quantitative estimate of drug-likeness (QED) is 0.140. The van der Waals surface area contributed by atoms with Crippen molar-refractivity contribution in [3.63, 3.8) is 0 Å². The average molecular weight is 961 g/mol. The van der Waals surface area contributed by atoms with Gasteiger partial charge in [-0.2, -0.15) is 0 Å². The zero-order valence-electron chi connectivity index (χ0n) is 46.4. The van der Waals surface area contributed by atoms with Crippen LogP contribution in [0.4, 0.5) is 0 Å². The SMILES string of the molecule is C#C.C=C(C)c1ccc(C)cc1.C=C(C)c1ccccc1.CC.CC1=C(C2=C(C)C(C)=C(c3ccccc3C)CC2)CCC=C1.CCc1cccc(-c2ccc(C3=CC=CCC=C3)cc2)c1.Cc1ccccc1. The summed E-state index contributed by atoms with van der Waals surface area (Å²) in [6.07, 6.45) is 30.3. The minimum atomic E-state index is 1.02. The van der Waals surface area contributed by atoms with Crippen LogP contribution in [0, 0.1) is 33.6 Å². The number of hydrogen-bond acceptors (Lipinski definition) is 0. The molecule has 0 nitrogen and oxygen atoms in total. The molecule has 0 atom stereocenters. The Morgan fingerprint density at radius 3 is 1.60 bits per heavy atom. The van der Waals surface area contributed by atoms with Crippen molar-refractivity contribution in [1.29, 1.82) is 0 Å². The van der Waals surface area contributed by atoms with E-state index in [4.69, 9.17) is 0 Å². The average Bonchev–Trinajstić information content (AvgIpc) is 3.73. The molecule has 3 aliphatic rings. The molecule has 0 heteroatoms. The summed E-state index contributed by atoms with van der Waals surface area (Å²) in [6.45, 7) is 31.2. The Balaban J connectivity index is 0.000000252. The van der Waals surface area contributed by atoms with Crippen LogP contribution in [0.15, 0.2) is 241 Å². The van der Waals surface area contributed by atoms with Crippen molar-refractivity contribution in [2.45, 2.75) is 115 Å². The fourth-order valence-corrected chi connectivity index (χ4v) is 8.57. The van der Waals surface area contributed by atoms with Crippen molar-refractivity contribution in [1.82, 2.24) is 0 Å². The molecular formula is C73H84. The number of hydrogen-bond donors (Lipinski definition) is 0. The summed E-state index contributed by atoms with van der Waals surface area (Å²) in [4.78, 5) is 0. The van der Waals surface area contributed by atoms with Crippen molar-refractivity contribution < 1.29 is 0 Å². The van der Waals surface area contributed by atoms with E-state index < -0.39 is 0 Å². The first kappa shape index (κ1) is 59.8. The molecule has 0 bridgehead atoms. The van der Waals surface area contributed by atoms with Crippen LogP contribution in [0.2, 0.25) is 0 Å². The van der Waals surface area contributed by atoms with Gasteiger partial charge in [-0.15, -0.1) is 12.8 Å². The van der Waals surface area contributed by atoms with Crippen molar-refractivity contribution >= 4 is 22.3 Å². The fraction of sp³-hybridized carbons (Fsp3) is 0.233. The zero-order valence-corrected chi connectivity index (χ0v) is 46.4. The van der Waals surface area contributed by atoms with Gasteiger partial charge in [0, 0.05) is 0 Å². The smallest absolute Gasteiger partial charge is 0.0163 e. The third-order valence-electron chi connectivity index (χ3n) is 13.0. The molecule has 6 aromatic carbocycles. The molecule has 9 rings (SSSR count). The summed E-state index contributed by atoms with van der Waals surface area (Å²) in [6, 6.07) is 55.3. The lowest BCUT2D eigenvalue weighted by atomic mass is 9.78. The molecule has 0 fully saturated rings. The van der Waals surface area contributed by atoms with Gasteiger partial charge in [-0.25, -0.2) is 0 Å². The molecule has 0 spiro atoms. The summed E-state index contributed by atoms with van der Waals surface area (Å²) >= 11 is 0. The fourth-order valence-electron chi connectivity index (χ4n) is 8.57. The van der Waals surface area contributed by atoms with Gasteiger partial charge in [-0.1, -0.05) is 256 Å². The minimum absolute atomic E-state index is 1.02. The monoisotopic (exact) mass is 961 g/mol. The first-order chi connectivity index (χ1) is 35.4. The molecule has 6 aromatic rings. The summed E-state index contributed by atoms with van der Waals surface area (Å²) in [5.74, 6) is 0. The van der Waals surface area contributed by atoms with Gasteiger partial charge in [0.05, 0.1) is 0 Å². The van der Waals surface area contributed by atoms with Gasteiger partial charge >= 0.3 is 0 Å². The standard InChI is InChI=1S/C22H26.C21H20.C10H12.C9H10.C7H8.C2H6.C2H2/c1-15-9-5-7-11-19(15)21-13-14-22(18(4)17(21)3)20-12-8-6-10-16(20)2;1-2-17-8-7-11-21(16-17)20-14-12-19(13-15-20)18-9-5-3-4-6-10-18;1-8(2)10-6-4-9(3)5-7-10;1-8(2)9-6-4-3-5-7-9;1-7-5-3-2-4-6-7;2*1-2/h5-7,9-11H,8,12-14H2,1-4H3;3,5-16H,2,4H2,1H3;4-7H,1H2,2-3H3;3-7H,1H2,2H3;2-6H,1H3;1-2H3;1-2H. The second-order valence-corrected chi connectivity index (χ2v) is 18.4. The van der Waals surface area contributed by atoms with E-state index in [9.17, 15) is 0 Å². The van der Waals surface area contributed by atoms with Crippen LogP contribution in [0.5, 0.6) is 0 Å². The lowest BCUT2D eigenvalue weighted by Crippen LogP contribution is -2.07. The van der Waals surface area contributed by atoms with Gasteiger partial charge in [0.25, 0.3) is 0 Å². The summed E-state index contributed by atoms with van der Waals surface area (Å²) in [7, 11) is 0. The Morgan fingerprint density at radius 2 is 1.04 bits per heavy atom. The Bertz CT molecular complexity index is 2870. The molecule has 73 heavy (non-hydrogen) atoms. The van der Waals surface area contributed by atoms with Crippen LogP contribution in [-0.4, -0.2) is 0 Å². The Labute approximate surface area is 444 Å². The van der Waals surface area contributed by atoms with Crippen LogP contribution in [0.3, 0.4) is 0 Å². The third-order valence-corrected chi connectivity index (χ3v) is 13.0. The highest BCUT2D eigenvalue weighted by atomic mass is 14.3. The van der Waals surface area contributed by atoms with Crippen LogP contribution < -0.4 is 0 Å². The molecule has 0 aromatic heterocycles. The predicted molar refractivity (Wildman–Crippen MR) is 328 cm³/mol. The number of terminal acetylenes is 1. The highest BCUT2D eigenvalue weighted by molar-refractivity contribution is 5.78. The van der Waals surface area contributed by atoms with E-state index in [0.29, 0.717) is 0 Å². The first-order valence-electron chi connectivity index (χ1n) is 26.2. The van der Waals surface area contributed by atoms with Gasteiger partial charge in [0.15, 0.2) is 0 Å². The van der Waals surface area contributed by atoms with Crippen LogP contribution in [0.25, 0.3) is 33.4 Å². The Hall–Kier alpha value is -7.46. The van der Waals surface area contributed by atoms with Crippen LogP contribution in [-0.2, 0) is 6.42 Å². The summed E-state index contributed by atoms with van der Waals surface area (Å²) in [5.41, 5.74) is 25.9. The second kappa shape index (κ2) is 33.2. The van der Waals surface area contributed by atoms with E-state index in [1.165, 1.54) is 104 Å². The van der Waals surface area contributed by atoms with E-state index in [1.54, 1.807) is 16.7 Å². The molecule has 0 radical (unpaired) electrons. The van der Waals surface area contributed by atoms with E-state index >= 15 is 0 Å². The lowest BCUT2D eigenvalue weighted by molar-refractivity contribution is 0.869. The molecule has 0 saturated carbocycles. The molecule has 0 N–H and O–H groups in total. The molecule has 0 heterocycles. The van der Waals surface area contributed by atoms with Crippen molar-refractivity contribution in [2.24, 2.45) is 0 Å². The van der Waals surface area contributed by atoms with E-state index in [2.05, 4.69) is 238 Å². The van der Waals surface area contributed by atoms with Crippen molar-refractivity contribution in [3.8, 4) is 24.0 Å². The van der Waals surface area contributed by atoms with Crippen molar-refractivity contribution in [3.05, 3.63) is 286 Å². The van der Waals surface area contributed by atoms with Gasteiger partial charge < -0.3 is 0 Å².